The number of nitrogens with two attached hydrogens (primary N) is 1. The van der Waals surface area contributed by atoms with Gasteiger partial charge in [0.1, 0.15) is 0 Å². The number of allylic oxidation sites excluding steroid dienone is 3. The largest absolute Gasteiger partial charge is 0.397 e. The van der Waals surface area contributed by atoms with Gasteiger partial charge in [0.15, 0.2) is 0 Å². The number of hydrogen-bond donors (Lipinski definition) is 1. The topological polar surface area (TPSA) is 46.3 Å². The van der Waals surface area contributed by atoms with Crippen molar-refractivity contribution in [2.75, 3.05) is 17.2 Å². The SMILES string of the molecule is CC=CC=CC(=O)N1CCc2cccc(N)c21. The van der Waals surface area contributed by atoms with E-state index >= 15 is 0 Å². The molecule has 0 spiro atoms. The lowest BCUT2D eigenvalue weighted by atomic mass is 10.1. The molecule has 0 unspecified atom stereocenters. The maximum Gasteiger partial charge on any atom is 0.251 e. The quantitative estimate of drug-likeness (QED) is 0.479. The summed E-state index contributed by atoms with van der Waals surface area (Å²) in [6.45, 7) is 2.63. The lowest BCUT2D eigenvalue weighted by Gasteiger charge is -2.16. The van der Waals surface area contributed by atoms with Crippen LogP contribution in [0.3, 0.4) is 0 Å². The zero-order chi connectivity index (χ0) is 12.3. The number of anilines is 2. The predicted molar refractivity (Wildman–Crippen MR) is 70.9 cm³/mol. The normalized spacial score (nSPS) is 14.8. The summed E-state index contributed by atoms with van der Waals surface area (Å²) in [6, 6.07) is 5.78. The summed E-state index contributed by atoms with van der Waals surface area (Å²) < 4.78 is 0. The highest BCUT2D eigenvalue weighted by Gasteiger charge is 2.24. The molecule has 1 aromatic carbocycles. The van der Waals surface area contributed by atoms with Gasteiger partial charge in [0.2, 0.25) is 0 Å². The number of nitrogen functional groups attached to an aromatic ring is 1. The number of nitrogens with zero attached hydrogens (tertiary/aromatic N) is 1. The van der Waals surface area contributed by atoms with Crippen molar-refractivity contribution < 1.29 is 4.79 Å². The molecule has 0 saturated heterocycles. The van der Waals surface area contributed by atoms with Gasteiger partial charge in [-0.2, -0.15) is 0 Å². The highest BCUT2D eigenvalue weighted by atomic mass is 16.2. The Balaban J connectivity index is 2.25. The van der Waals surface area contributed by atoms with Gasteiger partial charge in [0, 0.05) is 12.6 Å². The second-order valence-corrected chi connectivity index (χ2v) is 3.98. The van der Waals surface area contributed by atoms with Crippen LogP contribution in [-0.2, 0) is 11.2 Å². The molecule has 3 nitrogen and oxygen atoms in total. The van der Waals surface area contributed by atoms with Crippen LogP contribution in [0.25, 0.3) is 0 Å². The molecule has 0 radical (unpaired) electrons. The van der Waals surface area contributed by atoms with Gasteiger partial charge >= 0.3 is 0 Å². The molecule has 1 heterocycles. The van der Waals surface area contributed by atoms with E-state index in [1.165, 1.54) is 0 Å². The molecular formula is C14H16N2O. The highest BCUT2D eigenvalue weighted by Crippen LogP contribution is 2.33. The van der Waals surface area contributed by atoms with Crippen LogP contribution in [0.1, 0.15) is 12.5 Å². The summed E-state index contributed by atoms with van der Waals surface area (Å²) in [5.41, 5.74) is 8.62. The summed E-state index contributed by atoms with van der Waals surface area (Å²) in [7, 11) is 0. The van der Waals surface area contributed by atoms with E-state index < -0.39 is 0 Å². The molecular weight excluding hydrogens is 212 g/mol. The molecule has 17 heavy (non-hydrogen) atoms. The molecule has 0 fully saturated rings. The first-order chi connectivity index (χ1) is 8.24. The van der Waals surface area contributed by atoms with Crippen LogP contribution in [-0.4, -0.2) is 12.5 Å². The van der Waals surface area contributed by atoms with Crippen molar-refractivity contribution in [3.05, 3.63) is 48.1 Å². The van der Waals surface area contributed by atoms with E-state index in [-0.39, 0.29) is 5.91 Å². The summed E-state index contributed by atoms with van der Waals surface area (Å²) in [6.07, 6.45) is 7.92. The number of carbonyl (C=O) groups excluding carboxylic acids is 1. The van der Waals surface area contributed by atoms with Crippen molar-refractivity contribution in [2.45, 2.75) is 13.3 Å². The van der Waals surface area contributed by atoms with E-state index in [0.29, 0.717) is 12.2 Å². The Morgan fingerprint density at radius 1 is 1.41 bits per heavy atom. The monoisotopic (exact) mass is 228 g/mol. The van der Waals surface area contributed by atoms with Crippen molar-refractivity contribution >= 4 is 17.3 Å². The van der Waals surface area contributed by atoms with Gasteiger partial charge in [0.05, 0.1) is 11.4 Å². The molecule has 1 aliphatic rings. The Bertz CT molecular complexity index is 489. The summed E-state index contributed by atoms with van der Waals surface area (Å²) in [5, 5.41) is 0. The van der Waals surface area contributed by atoms with E-state index in [9.17, 15) is 4.79 Å². The van der Waals surface area contributed by atoms with Gasteiger partial charge in [0.25, 0.3) is 5.91 Å². The summed E-state index contributed by atoms with van der Waals surface area (Å²) >= 11 is 0. The molecule has 1 amide bonds. The fourth-order valence-corrected chi connectivity index (χ4v) is 2.05. The minimum atomic E-state index is -0.0141. The van der Waals surface area contributed by atoms with E-state index in [1.807, 2.05) is 37.3 Å². The summed E-state index contributed by atoms with van der Waals surface area (Å²) in [4.78, 5) is 13.7. The Morgan fingerprint density at radius 3 is 3.00 bits per heavy atom. The number of fused-ring (bicyclic) bond motifs is 1. The van der Waals surface area contributed by atoms with Gasteiger partial charge in [-0.05, 0) is 25.0 Å². The number of amides is 1. The molecule has 0 bridgehead atoms. The van der Waals surface area contributed by atoms with Crippen LogP contribution < -0.4 is 10.6 Å². The third-order valence-corrected chi connectivity index (χ3v) is 2.83. The minimum Gasteiger partial charge on any atom is -0.397 e. The summed E-state index contributed by atoms with van der Waals surface area (Å²) in [5.74, 6) is -0.0141. The first-order valence-electron chi connectivity index (χ1n) is 5.72. The first-order valence-corrected chi connectivity index (χ1v) is 5.72. The number of carbonyl (C=O) groups is 1. The van der Waals surface area contributed by atoms with Crippen molar-refractivity contribution in [1.29, 1.82) is 0 Å². The van der Waals surface area contributed by atoms with Crippen LogP contribution in [0.15, 0.2) is 42.5 Å². The molecule has 0 saturated carbocycles. The number of para-hydroxylation sites is 1. The third-order valence-electron chi connectivity index (χ3n) is 2.83. The molecule has 88 valence electrons. The first kappa shape index (κ1) is 11.5. The van der Waals surface area contributed by atoms with E-state index in [4.69, 9.17) is 5.73 Å². The Kier molecular flexibility index (Phi) is 3.28. The molecule has 1 aromatic rings. The maximum atomic E-state index is 12.0. The number of rotatable bonds is 2. The Labute approximate surface area is 101 Å². The second-order valence-electron chi connectivity index (χ2n) is 3.98. The van der Waals surface area contributed by atoms with Gasteiger partial charge in [-0.25, -0.2) is 0 Å². The molecule has 2 rings (SSSR count). The zero-order valence-electron chi connectivity index (χ0n) is 9.89. The van der Waals surface area contributed by atoms with Crippen LogP contribution in [0.5, 0.6) is 0 Å². The van der Waals surface area contributed by atoms with E-state index in [1.54, 1.807) is 17.1 Å². The van der Waals surface area contributed by atoms with Gasteiger partial charge in [-0.1, -0.05) is 30.4 Å². The zero-order valence-corrected chi connectivity index (χ0v) is 9.89. The van der Waals surface area contributed by atoms with Crippen LogP contribution in [0.2, 0.25) is 0 Å². The standard InChI is InChI=1S/C14H16N2O/c1-2-3-4-8-13(17)16-10-9-11-6-5-7-12(15)14(11)16/h2-8H,9-10,15H2,1H3. The van der Waals surface area contributed by atoms with Gasteiger partial charge in [-0.3, -0.25) is 4.79 Å². The number of hydrogen-bond acceptors (Lipinski definition) is 2. The Hall–Kier alpha value is -2.03. The lowest BCUT2D eigenvalue weighted by Crippen LogP contribution is -2.27. The molecule has 0 aromatic heterocycles. The Morgan fingerprint density at radius 2 is 2.24 bits per heavy atom. The predicted octanol–water partition coefficient (Wildman–Crippen LogP) is 2.29. The van der Waals surface area contributed by atoms with Crippen LogP contribution in [0, 0.1) is 0 Å². The van der Waals surface area contributed by atoms with Crippen LogP contribution in [0.4, 0.5) is 11.4 Å². The minimum absolute atomic E-state index is 0.0141. The van der Waals surface area contributed by atoms with Crippen molar-refractivity contribution in [3.63, 3.8) is 0 Å². The van der Waals surface area contributed by atoms with Gasteiger partial charge in [-0.15, -0.1) is 0 Å². The highest BCUT2D eigenvalue weighted by molar-refractivity contribution is 6.05. The fraction of sp³-hybridized carbons (Fsp3) is 0.214. The third kappa shape index (κ3) is 2.23. The molecule has 0 atom stereocenters. The second kappa shape index (κ2) is 4.87. The fourth-order valence-electron chi connectivity index (χ4n) is 2.05. The molecule has 3 heteroatoms. The van der Waals surface area contributed by atoms with Gasteiger partial charge < -0.3 is 10.6 Å². The van der Waals surface area contributed by atoms with E-state index in [2.05, 4.69) is 0 Å². The van der Waals surface area contributed by atoms with E-state index in [0.717, 1.165) is 17.7 Å². The lowest BCUT2D eigenvalue weighted by molar-refractivity contribution is -0.114. The smallest absolute Gasteiger partial charge is 0.251 e. The average molecular weight is 228 g/mol. The maximum absolute atomic E-state index is 12.0. The van der Waals surface area contributed by atoms with Crippen molar-refractivity contribution in [1.82, 2.24) is 0 Å². The van der Waals surface area contributed by atoms with Crippen molar-refractivity contribution in [3.8, 4) is 0 Å². The number of benzene rings is 1. The van der Waals surface area contributed by atoms with Crippen molar-refractivity contribution in [2.24, 2.45) is 0 Å². The average Bonchev–Trinajstić information content (AvgIpc) is 2.74. The molecule has 1 aliphatic heterocycles. The molecule has 2 N–H and O–H groups in total. The van der Waals surface area contributed by atoms with Crippen LogP contribution >= 0.6 is 0 Å². The molecule has 0 aliphatic carbocycles.